The third-order valence-electron chi connectivity index (χ3n) is 2.69. The fourth-order valence-electron chi connectivity index (χ4n) is 0.706. The summed E-state index contributed by atoms with van der Waals surface area (Å²) in [4.78, 5) is 10.3. The Morgan fingerprint density at radius 2 is 1.75 bits per heavy atom. The minimum Gasteiger partial charge on any atom is -0.550 e. The molecule has 3 nitrogen and oxygen atoms in total. The molecule has 0 aromatic heterocycles. The summed E-state index contributed by atoms with van der Waals surface area (Å²) in [7, 11) is 4.06. The lowest BCUT2D eigenvalue weighted by molar-refractivity contribution is -0.935. The van der Waals surface area contributed by atoms with Crippen LogP contribution in [0, 0.1) is 0 Å². The zero-order chi connectivity index (χ0) is 9.99. The van der Waals surface area contributed by atoms with Crippen molar-refractivity contribution in [2.24, 2.45) is 0 Å². The van der Waals surface area contributed by atoms with Gasteiger partial charge in [-0.15, -0.1) is 0 Å². The highest BCUT2D eigenvalue weighted by Crippen LogP contribution is 2.18. The molecule has 0 radical (unpaired) electrons. The summed E-state index contributed by atoms with van der Waals surface area (Å²) in [5.74, 6) is -0.967. The van der Waals surface area contributed by atoms with Crippen molar-refractivity contribution >= 4 is 5.97 Å². The molecule has 0 aliphatic rings. The molecule has 0 spiro atoms. The van der Waals surface area contributed by atoms with Crippen LogP contribution in [0.1, 0.15) is 27.2 Å². The molecule has 0 saturated carbocycles. The van der Waals surface area contributed by atoms with E-state index in [1.807, 2.05) is 14.1 Å². The second-order valence-corrected chi connectivity index (χ2v) is 4.70. The van der Waals surface area contributed by atoms with Crippen LogP contribution in [-0.4, -0.2) is 36.6 Å². The van der Waals surface area contributed by atoms with E-state index in [0.717, 1.165) is 0 Å². The first kappa shape index (κ1) is 11.4. The first-order chi connectivity index (χ1) is 5.17. The van der Waals surface area contributed by atoms with Crippen molar-refractivity contribution in [3.8, 4) is 0 Å². The first-order valence-electron chi connectivity index (χ1n) is 4.20. The number of rotatable bonds is 3. The number of nitrogens with zero attached hydrogens (tertiary/aromatic N) is 1. The van der Waals surface area contributed by atoms with Crippen LogP contribution >= 0.6 is 0 Å². The normalized spacial score (nSPS) is 13.1. The van der Waals surface area contributed by atoms with Gasteiger partial charge >= 0.3 is 0 Å². The zero-order valence-corrected chi connectivity index (χ0v) is 8.68. The van der Waals surface area contributed by atoms with Crippen LogP contribution in [-0.2, 0) is 4.79 Å². The lowest BCUT2D eigenvalue weighted by Crippen LogP contribution is -2.55. The smallest absolute Gasteiger partial charge is 0.0903 e. The molecule has 0 unspecified atom stereocenters. The molecular weight excluding hydrogens is 154 g/mol. The van der Waals surface area contributed by atoms with Crippen LogP contribution in [0.3, 0.4) is 0 Å². The van der Waals surface area contributed by atoms with Gasteiger partial charge in [0, 0.05) is 12.4 Å². The Kier molecular flexibility index (Phi) is 3.27. The fraction of sp³-hybridized carbons (Fsp3) is 0.889. The molecule has 0 bridgehead atoms. The van der Waals surface area contributed by atoms with Gasteiger partial charge in [0.05, 0.1) is 26.2 Å². The van der Waals surface area contributed by atoms with Crippen molar-refractivity contribution in [2.75, 3.05) is 20.6 Å². The topological polar surface area (TPSA) is 40.1 Å². The highest BCUT2D eigenvalue weighted by atomic mass is 16.4. The lowest BCUT2D eigenvalue weighted by atomic mass is 10.0. The summed E-state index contributed by atoms with van der Waals surface area (Å²) in [6.07, 6.45) is 0.129. The minimum absolute atomic E-state index is 0.0788. The van der Waals surface area contributed by atoms with Crippen molar-refractivity contribution in [3.05, 3.63) is 0 Å². The van der Waals surface area contributed by atoms with E-state index >= 15 is 0 Å². The molecule has 0 amide bonds. The van der Waals surface area contributed by atoms with Gasteiger partial charge in [-0.1, -0.05) is 0 Å². The van der Waals surface area contributed by atoms with Crippen molar-refractivity contribution in [1.82, 2.24) is 0 Å². The Morgan fingerprint density at radius 3 is 2.00 bits per heavy atom. The van der Waals surface area contributed by atoms with Gasteiger partial charge in [0.15, 0.2) is 0 Å². The summed E-state index contributed by atoms with van der Waals surface area (Å²) < 4.78 is 0.695. The van der Waals surface area contributed by atoms with Crippen molar-refractivity contribution in [1.29, 1.82) is 0 Å². The van der Waals surface area contributed by atoms with E-state index in [-0.39, 0.29) is 12.0 Å². The van der Waals surface area contributed by atoms with Crippen molar-refractivity contribution in [3.63, 3.8) is 0 Å². The maximum absolute atomic E-state index is 10.3. The molecule has 3 heteroatoms. The molecule has 0 atom stereocenters. The van der Waals surface area contributed by atoms with Crippen LogP contribution < -0.4 is 5.11 Å². The predicted octanol–water partition coefficient (Wildman–Crippen LogP) is 0.00130. The standard InChI is InChI=1S/C9H19NO2/c1-9(2,3)10(4,5)7-6-8(11)12/h6-7H2,1-5H3. The SMILES string of the molecule is CC(C)(C)[N+](C)(C)CCC(=O)[O-]. The lowest BCUT2D eigenvalue weighted by Gasteiger charge is -2.42. The summed E-state index contributed by atoms with van der Waals surface area (Å²) in [6.45, 7) is 6.92. The molecule has 0 aliphatic carbocycles. The maximum Gasteiger partial charge on any atom is 0.0903 e. The van der Waals surface area contributed by atoms with Gasteiger partial charge in [0.1, 0.15) is 0 Å². The molecule has 72 valence electrons. The fourth-order valence-corrected chi connectivity index (χ4v) is 0.706. The van der Waals surface area contributed by atoms with E-state index in [0.29, 0.717) is 11.0 Å². The van der Waals surface area contributed by atoms with E-state index in [1.165, 1.54) is 0 Å². The summed E-state index contributed by atoms with van der Waals surface area (Å²) >= 11 is 0. The van der Waals surface area contributed by atoms with Gasteiger partial charge in [0.25, 0.3) is 0 Å². The third-order valence-corrected chi connectivity index (χ3v) is 2.69. The number of hydrogen-bond acceptors (Lipinski definition) is 2. The van der Waals surface area contributed by atoms with Crippen LogP contribution in [0.5, 0.6) is 0 Å². The molecule has 0 rings (SSSR count). The molecule has 0 N–H and O–H groups in total. The number of aliphatic carboxylic acids is 1. The van der Waals surface area contributed by atoms with Gasteiger partial charge in [-0.25, -0.2) is 0 Å². The molecule has 0 aliphatic heterocycles. The van der Waals surface area contributed by atoms with Crippen LogP contribution in [0.2, 0.25) is 0 Å². The van der Waals surface area contributed by atoms with Gasteiger partial charge in [-0.3, -0.25) is 0 Å². The maximum atomic E-state index is 10.3. The average molecular weight is 173 g/mol. The second kappa shape index (κ2) is 3.44. The Labute approximate surface area is 74.6 Å². The van der Waals surface area contributed by atoms with E-state index in [9.17, 15) is 9.90 Å². The third kappa shape index (κ3) is 3.22. The number of carbonyl (C=O) groups excluding carboxylic acids is 1. The summed E-state index contributed by atoms with van der Waals surface area (Å²) in [6, 6.07) is 0. The molecule has 12 heavy (non-hydrogen) atoms. The Balaban J connectivity index is 4.14. The van der Waals surface area contributed by atoms with E-state index in [2.05, 4.69) is 20.8 Å². The molecule has 0 aromatic carbocycles. The van der Waals surface area contributed by atoms with Crippen LogP contribution in [0.15, 0.2) is 0 Å². The Bertz CT molecular complexity index is 168. The van der Waals surface area contributed by atoms with E-state index < -0.39 is 5.97 Å². The summed E-state index contributed by atoms with van der Waals surface area (Å²) in [5.41, 5.74) is 0.0788. The van der Waals surface area contributed by atoms with Gasteiger partial charge in [0.2, 0.25) is 0 Å². The van der Waals surface area contributed by atoms with Gasteiger partial charge < -0.3 is 14.4 Å². The van der Waals surface area contributed by atoms with Crippen LogP contribution in [0.25, 0.3) is 0 Å². The predicted molar refractivity (Wildman–Crippen MR) is 46.4 cm³/mol. The highest BCUT2D eigenvalue weighted by molar-refractivity contribution is 5.64. The summed E-state index contributed by atoms with van der Waals surface area (Å²) in [5, 5.41) is 10.3. The van der Waals surface area contributed by atoms with Gasteiger partial charge in [-0.2, -0.15) is 0 Å². The molecule has 0 aromatic rings. The monoisotopic (exact) mass is 173 g/mol. The number of hydrogen-bond donors (Lipinski definition) is 0. The Morgan fingerprint density at radius 1 is 1.33 bits per heavy atom. The minimum atomic E-state index is -0.967. The van der Waals surface area contributed by atoms with E-state index in [1.54, 1.807) is 0 Å². The quantitative estimate of drug-likeness (QED) is 0.564. The second-order valence-electron chi connectivity index (χ2n) is 4.70. The average Bonchev–Trinajstić information content (AvgIpc) is 1.81. The molecule has 0 saturated heterocycles. The van der Waals surface area contributed by atoms with E-state index in [4.69, 9.17) is 0 Å². The molecular formula is C9H19NO2. The van der Waals surface area contributed by atoms with Crippen molar-refractivity contribution < 1.29 is 14.4 Å². The molecule has 0 heterocycles. The first-order valence-corrected chi connectivity index (χ1v) is 4.20. The number of carboxylic acid groups (broad SMARTS) is 1. The van der Waals surface area contributed by atoms with Crippen LogP contribution in [0.4, 0.5) is 0 Å². The largest absolute Gasteiger partial charge is 0.550 e. The van der Waals surface area contributed by atoms with Crippen molar-refractivity contribution in [2.45, 2.75) is 32.7 Å². The number of quaternary nitrogens is 1. The molecule has 0 fully saturated rings. The highest BCUT2D eigenvalue weighted by Gasteiger charge is 2.30. The van der Waals surface area contributed by atoms with Gasteiger partial charge in [-0.05, 0) is 20.8 Å². The zero-order valence-electron chi connectivity index (χ0n) is 8.68. The number of carbonyl (C=O) groups is 1. The number of carboxylic acids is 1. The Hall–Kier alpha value is -0.570.